The van der Waals surface area contributed by atoms with E-state index in [-0.39, 0.29) is 34.1 Å². The summed E-state index contributed by atoms with van der Waals surface area (Å²) in [5.41, 5.74) is 7.18. The van der Waals surface area contributed by atoms with E-state index in [0.717, 1.165) is 0 Å². The molecular weight excluding hydrogens is 570 g/mol. The molecule has 0 spiro atoms. The summed E-state index contributed by atoms with van der Waals surface area (Å²) in [5.74, 6) is -1.56. The largest absolute Gasteiger partial charge is 0.389 e. The van der Waals surface area contributed by atoms with Gasteiger partial charge in [0.15, 0.2) is 0 Å². The van der Waals surface area contributed by atoms with Gasteiger partial charge in [-0.25, -0.2) is 13.5 Å². The maximum Gasteiger partial charge on any atom is 0.253 e. The second-order valence-electron chi connectivity index (χ2n) is 10.3. The fraction of sp³-hybridized carbons (Fsp3) is 0.286. The van der Waals surface area contributed by atoms with Crippen LogP contribution in [0.1, 0.15) is 36.2 Å². The summed E-state index contributed by atoms with van der Waals surface area (Å²) >= 11 is 3.34. The molecule has 8 nitrogen and oxygen atoms in total. The molecule has 3 N–H and O–H groups in total. The van der Waals surface area contributed by atoms with Gasteiger partial charge in [0.25, 0.3) is 5.91 Å². The molecule has 11 heteroatoms. The minimum atomic E-state index is -1.11. The Hall–Kier alpha value is -3.72. The molecule has 4 aromatic rings. The van der Waals surface area contributed by atoms with Gasteiger partial charge in [-0.1, -0.05) is 17.3 Å². The number of rotatable bonds is 5. The Balaban J connectivity index is 1.69. The van der Waals surface area contributed by atoms with Crippen LogP contribution in [0, 0.1) is 23.0 Å². The van der Waals surface area contributed by atoms with Gasteiger partial charge in [0.2, 0.25) is 0 Å². The van der Waals surface area contributed by atoms with E-state index in [4.69, 9.17) is 5.73 Å². The van der Waals surface area contributed by atoms with Crippen molar-refractivity contribution in [3.8, 4) is 28.3 Å². The average Bonchev–Trinajstić information content (AvgIpc) is 3.50. The maximum absolute atomic E-state index is 16.0. The van der Waals surface area contributed by atoms with E-state index in [0.29, 0.717) is 52.8 Å². The van der Waals surface area contributed by atoms with Crippen molar-refractivity contribution in [1.82, 2.24) is 19.9 Å². The van der Waals surface area contributed by atoms with E-state index in [1.807, 2.05) is 0 Å². The van der Waals surface area contributed by atoms with E-state index in [1.165, 1.54) is 22.9 Å². The number of fused-ring (bicyclic) bond motifs is 1. The maximum atomic E-state index is 16.0. The summed E-state index contributed by atoms with van der Waals surface area (Å²) in [6.07, 6.45) is 0.699. The SMILES string of the molecule is CC(C)(O)Cn1nnc2cc(-c3ccc(C(=O)N4CCC(N)C4)cc3-c3ccc(C#N)c(F)c3)c(F)c(Br)c21. The molecule has 1 atom stereocenters. The monoisotopic (exact) mass is 594 g/mol. The predicted octanol–water partition coefficient (Wildman–Crippen LogP) is 4.62. The van der Waals surface area contributed by atoms with Crippen LogP contribution < -0.4 is 5.73 Å². The lowest BCUT2D eigenvalue weighted by molar-refractivity contribution is 0.0584. The lowest BCUT2D eigenvalue weighted by Gasteiger charge is -2.19. The number of nitriles is 1. The Morgan fingerprint density at radius 1 is 1.21 bits per heavy atom. The second-order valence-corrected chi connectivity index (χ2v) is 11.1. The van der Waals surface area contributed by atoms with E-state index < -0.39 is 17.2 Å². The molecule has 39 heavy (non-hydrogen) atoms. The first-order valence-electron chi connectivity index (χ1n) is 12.3. The lowest BCUT2D eigenvalue weighted by Crippen LogP contribution is -2.31. The van der Waals surface area contributed by atoms with Gasteiger partial charge in [0.05, 0.1) is 22.2 Å². The van der Waals surface area contributed by atoms with Gasteiger partial charge in [0.1, 0.15) is 28.7 Å². The molecule has 0 aliphatic carbocycles. The molecule has 0 radical (unpaired) electrons. The first-order valence-corrected chi connectivity index (χ1v) is 13.1. The molecule has 200 valence electrons. The van der Waals surface area contributed by atoms with Crippen LogP contribution in [0.5, 0.6) is 0 Å². The van der Waals surface area contributed by atoms with Crippen molar-refractivity contribution in [2.24, 2.45) is 5.73 Å². The first-order chi connectivity index (χ1) is 18.5. The Labute approximate surface area is 231 Å². The summed E-state index contributed by atoms with van der Waals surface area (Å²) in [7, 11) is 0. The molecule has 1 aliphatic heterocycles. The number of likely N-dealkylation sites (tertiary alicyclic amines) is 1. The fourth-order valence-electron chi connectivity index (χ4n) is 4.82. The van der Waals surface area contributed by atoms with Crippen molar-refractivity contribution in [3.05, 3.63) is 69.7 Å². The molecule has 0 bridgehead atoms. The number of aromatic nitrogens is 3. The van der Waals surface area contributed by atoms with Crippen molar-refractivity contribution in [1.29, 1.82) is 5.26 Å². The number of aliphatic hydroxyl groups is 1. The van der Waals surface area contributed by atoms with Crippen LogP contribution >= 0.6 is 15.9 Å². The zero-order valence-electron chi connectivity index (χ0n) is 21.3. The third-order valence-electron chi connectivity index (χ3n) is 6.69. The first kappa shape index (κ1) is 26.9. The van der Waals surface area contributed by atoms with Crippen molar-refractivity contribution >= 4 is 32.9 Å². The Morgan fingerprint density at radius 3 is 2.62 bits per heavy atom. The van der Waals surface area contributed by atoms with Gasteiger partial charge in [-0.3, -0.25) is 4.79 Å². The van der Waals surface area contributed by atoms with Crippen LogP contribution in [0.3, 0.4) is 0 Å². The number of carbonyl (C=O) groups is 1. The van der Waals surface area contributed by atoms with Gasteiger partial charge in [0, 0.05) is 30.3 Å². The topological polar surface area (TPSA) is 121 Å². The number of hydrogen-bond acceptors (Lipinski definition) is 6. The van der Waals surface area contributed by atoms with Crippen molar-refractivity contribution in [3.63, 3.8) is 0 Å². The molecule has 1 unspecified atom stereocenters. The summed E-state index contributed by atoms with van der Waals surface area (Å²) in [6, 6.07) is 12.2. The standard InChI is InChI=1S/C28H25BrF2N6O2/c1-28(2,39)14-37-26-23(34-35-37)11-21(25(31)24(26)29)19-6-5-16(27(38)36-8-7-18(33)13-36)9-20(19)15-3-4-17(12-32)22(30)10-15/h3-6,9-11,18,39H,7-8,13-14,33H2,1-2H3. The lowest BCUT2D eigenvalue weighted by atomic mass is 9.91. The molecule has 1 aromatic heterocycles. The van der Waals surface area contributed by atoms with E-state index in [1.54, 1.807) is 49.1 Å². The zero-order chi connectivity index (χ0) is 28.1. The molecule has 5 rings (SSSR count). The minimum Gasteiger partial charge on any atom is -0.389 e. The molecule has 1 saturated heterocycles. The number of nitrogens with zero attached hydrogens (tertiary/aromatic N) is 5. The molecule has 2 heterocycles. The smallest absolute Gasteiger partial charge is 0.253 e. The average molecular weight is 595 g/mol. The third-order valence-corrected chi connectivity index (χ3v) is 7.41. The number of nitrogens with two attached hydrogens (primary N) is 1. The highest BCUT2D eigenvalue weighted by Gasteiger charge is 2.27. The number of benzene rings is 3. The van der Waals surface area contributed by atoms with Gasteiger partial charge < -0.3 is 15.7 Å². The molecule has 1 fully saturated rings. The number of halogens is 3. The quantitative estimate of drug-likeness (QED) is 0.348. The predicted molar refractivity (Wildman–Crippen MR) is 146 cm³/mol. The van der Waals surface area contributed by atoms with E-state index in [2.05, 4.69) is 26.2 Å². The van der Waals surface area contributed by atoms with Crippen LogP contribution in [0.2, 0.25) is 0 Å². The van der Waals surface area contributed by atoms with Gasteiger partial charge in [-0.15, -0.1) is 5.10 Å². The van der Waals surface area contributed by atoms with E-state index in [9.17, 15) is 19.6 Å². The third kappa shape index (κ3) is 5.15. The van der Waals surface area contributed by atoms with Crippen LogP contribution in [-0.2, 0) is 6.54 Å². The molecule has 1 aliphatic rings. The van der Waals surface area contributed by atoms with E-state index >= 15 is 4.39 Å². The Bertz CT molecular complexity index is 1660. The van der Waals surface area contributed by atoms with Gasteiger partial charge in [-0.05, 0) is 83.2 Å². The van der Waals surface area contributed by atoms with Crippen LogP contribution in [0.4, 0.5) is 8.78 Å². The van der Waals surface area contributed by atoms with Gasteiger partial charge >= 0.3 is 0 Å². The number of hydrogen-bond donors (Lipinski definition) is 2. The van der Waals surface area contributed by atoms with Crippen molar-refractivity contribution in [2.75, 3.05) is 13.1 Å². The summed E-state index contributed by atoms with van der Waals surface area (Å²) in [6.45, 7) is 4.27. The highest BCUT2D eigenvalue weighted by molar-refractivity contribution is 9.10. The zero-order valence-corrected chi connectivity index (χ0v) is 22.8. The summed E-state index contributed by atoms with van der Waals surface area (Å²) in [4.78, 5) is 14.9. The van der Waals surface area contributed by atoms with Gasteiger partial charge in [-0.2, -0.15) is 5.26 Å². The highest BCUT2D eigenvalue weighted by atomic mass is 79.9. The Morgan fingerprint density at radius 2 is 1.97 bits per heavy atom. The van der Waals surface area contributed by atoms with Crippen LogP contribution in [0.15, 0.2) is 46.9 Å². The molecular formula is C28H25BrF2N6O2. The fourth-order valence-corrected chi connectivity index (χ4v) is 5.44. The Kier molecular flexibility index (Phi) is 6.97. The minimum absolute atomic E-state index is 0.0909. The van der Waals surface area contributed by atoms with Crippen molar-refractivity contribution < 1.29 is 18.7 Å². The number of amides is 1. The molecule has 3 aromatic carbocycles. The van der Waals surface area contributed by atoms with Crippen molar-refractivity contribution in [2.45, 2.75) is 38.5 Å². The van der Waals surface area contributed by atoms with Crippen LogP contribution in [0.25, 0.3) is 33.3 Å². The molecule has 0 saturated carbocycles. The van der Waals surface area contributed by atoms with Crippen LogP contribution in [-0.4, -0.2) is 55.6 Å². The summed E-state index contributed by atoms with van der Waals surface area (Å²) in [5, 5.41) is 27.7. The highest BCUT2D eigenvalue weighted by Crippen LogP contribution is 2.40. The number of carbonyl (C=O) groups excluding carboxylic acids is 1. The summed E-state index contributed by atoms with van der Waals surface area (Å²) < 4.78 is 32.2. The molecule has 1 amide bonds. The normalized spacial score (nSPS) is 15.6. The second kappa shape index (κ2) is 10.1.